The molecule has 2 nitrogen and oxygen atoms in total. The molecule has 0 aliphatic carbocycles. The van der Waals surface area contributed by atoms with E-state index in [2.05, 4.69) is 6.92 Å². The first-order valence-electron chi connectivity index (χ1n) is 5.55. The van der Waals surface area contributed by atoms with E-state index in [0.717, 1.165) is 19.3 Å². The van der Waals surface area contributed by atoms with Crippen LogP contribution in [0, 0.1) is 5.92 Å². The fraction of sp³-hybridized carbons (Fsp3) is 1.00. The third-order valence-electron chi connectivity index (χ3n) is 2.85. The lowest BCUT2D eigenvalue weighted by atomic mass is 9.99. The molecule has 14 heavy (non-hydrogen) atoms. The van der Waals surface area contributed by atoms with Gasteiger partial charge < -0.3 is 9.84 Å². The first kappa shape index (κ1) is 11.9. The van der Waals surface area contributed by atoms with Crippen molar-refractivity contribution >= 4 is 0 Å². The molecule has 0 radical (unpaired) electrons. The van der Waals surface area contributed by atoms with Gasteiger partial charge in [-0.05, 0) is 12.3 Å². The normalized spacial score (nSPS) is 38.1. The Balaban J connectivity index is 2.48. The molecule has 4 atom stereocenters. The molecule has 84 valence electrons. The van der Waals surface area contributed by atoms with E-state index in [9.17, 15) is 9.50 Å². The van der Waals surface area contributed by atoms with Crippen LogP contribution in [-0.2, 0) is 4.74 Å². The van der Waals surface area contributed by atoms with Gasteiger partial charge in [0, 0.05) is 0 Å². The molecular weight excluding hydrogens is 183 g/mol. The Kier molecular flexibility index (Phi) is 4.32. The van der Waals surface area contributed by atoms with Gasteiger partial charge in [0.1, 0.15) is 6.10 Å². The van der Waals surface area contributed by atoms with E-state index < -0.39 is 18.4 Å². The van der Waals surface area contributed by atoms with Crippen LogP contribution in [0.1, 0.15) is 40.0 Å². The van der Waals surface area contributed by atoms with Crippen LogP contribution in [0.15, 0.2) is 0 Å². The van der Waals surface area contributed by atoms with Gasteiger partial charge in [0.25, 0.3) is 0 Å². The first-order valence-corrected chi connectivity index (χ1v) is 5.55. The Morgan fingerprint density at radius 1 is 1.43 bits per heavy atom. The number of unbranched alkanes of at least 4 members (excludes halogenated alkanes) is 1. The predicted molar refractivity (Wildman–Crippen MR) is 53.9 cm³/mol. The van der Waals surface area contributed by atoms with Gasteiger partial charge in [-0.3, -0.25) is 0 Å². The standard InChI is InChI=1S/C11H21FO2/c1-4-5-6-8-10(13)9(12)11(14-8)7(2)3/h7-11,13H,4-6H2,1-3H3/t8-,9-,10-,11+/m1/s1. The Labute approximate surface area is 85.5 Å². The average molecular weight is 204 g/mol. The summed E-state index contributed by atoms with van der Waals surface area (Å²) in [7, 11) is 0. The molecule has 0 spiro atoms. The Bertz CT molecular complexity index is 173. The minimum Gasteiger partial charge on any atom is -0.387 e. The molecule has 1 heterocycles. The number of aliphatic hydroxyl groups is 1. The largest absolute Gasteiger partial charge is 0.387 e. The maximum Gasteiger partial charge on any atom is 0.155 e. The highest BCUT2D eigenvalue weighted by Crippen LogP contribution is 2.31. The van der Waals surface area contributed by atoms with Crippen LogP contribution >= 0.6 is 0 Å². The molecule has 1 fully saturated rings. The Morgan fingerprint density at radius 2 is 2.07 bits per heavy atom. The summed E-state index contributed by atoms with van der Waals surface area (Å²) in [5.74, 6) is 0.131. The first-order chi connectivity index (χ1) is 6.57. The molecule has 1 rings (SSSR count). The van der Waals surface area contributed by atoms with Crippen molar-refractivity contribution in [3.05, 3.63) is 0 Å². The second kappa shape index (κ2) is 5.08. The minimum absolute atomic E-state index is 0.131. The predicted octanol–water partition coefficient (Wildman–Crippen LogP) is 2.30. The molecule has 1 N–H and O–H groups in total. The van der Waals surface area contributed by atoms with Crippen molar-refractivity contribution in [2.75, 3.05) is 0 Å². The lowest BCUT2D eigenvalue weighted by Crippen LogP contribution is -2.30. The van der Waals surface area contributed by atoms with Crippen LogP contribution in [0.2, 0.25) is 0 Å². The zero-order valence-electron chi connectivity index (χ0n) is 9.24. The lowest BCUT2D eigenvalue weighted by molar-refractivity contribution is -0.0130. The molecular formula is C11H21FO2. The molecule has 0 unspecified atom stereocenters. The van der Waals surface area contributed by atoms with Gasteiger partial charge in [0.2, 0.25) is 0 Å². The molecule has 0 bridgehead atoms. The van der Waals surface area contributed by atoms with Gasteiger partial charge in [-0.15, -0.1) is 0 Å². The van der Waals surface area contributed by atoms with Crippen molar-refractivity contribution in [2.24, 2.45) is 5.92 Å². The molecule has 0 aromatic carbocycles. The SMILES string of the molecule is CCCC[C@H]1O[C@@H](C(C)C)[C@H](F)[C@@H]1O. The van der Waals surface area contributed by atoms with Gasteiger partial charge in [0.05, 0.1) is 12.2 Å². The summed E-state index contributed by atoms with van der Waals surface area (Å²) in [6, 6.07) is 0. The number of rotatable bonds is 4. The van der Waals surface area contributed by atoms with Crippen LogP contribution < -0.4 is 0 Å². The van der Waals surface area contributed by atoms with Crippen LogP contribution in [0.4, 0.5) is 4.39 Å². The molecule has 0 aromatic heterocycles. The van der Waals surface area contributed by atoms with Gasteiger partial charge in [-0.2, -0.15) is 0 Å². The van der Waals surface area contributed by atoms with Crippen LogP contribution in [0.5, 0.6) is 0 Å². The Hall–Kier alpha value is -0.150. The van der Waals surface area contributed by atoms with Crippen molar-refractivity contribution < 1.29 is 14.2 Å². The summed E-state index contributed by atoms with van der Waals surface area (Å²) in [6.45, 7) is 5.92. The van der Waals surface area contributed by atoms with Gasteiger partial charge in [-0.25, -0.2) is 4.39 Å². The third-order valence-corrected chi connectivity index (χ3v) is 2.85. The van der Waals surface area contributed by atoms with E-state index in [1.54, 1.807) is 0 Å². The second-order valence-corrected chi connectivity index (χ2v) is 4.46. The van der Waals surface area contributed by atoms with Crippen molar-refractivity contribution in [1.82, 2.24) is 0 Å². The monoisotopic (exact) mass is 204 g/mol. The third kappa shape index (κ3) is 2.45. The molecule has 3 heteroatoms. The average Bonchev–Trinajstić information content (AvgIpc) is 2.42. The zero-order chi connectivity index (χ0) is 10.7. The number of aliphatic hydroxyl groups excluding tert-OH is 1. The second-order valence-electron chi connectivity index (χ2n) is 4.46. The number of halogens is 1. The molecule has 1 aliphatic rings. The Morgan fingerprint density at radius 3 is 2.50 bits per heavy atom. The van der Waals surface area contributed by atoms with E-state index in [1.807, 2.05) is 13.8 Å². The van der Waals surface area contributed by atoms with Gasteiger partial charge in [0.15, 0.2) is 6.17 Å². The van der Waals surface area contributed by atoms with Gasteiger partial charge >= 0.3 is 0 Å². The van der Waals surface area contributed by atoms with E-state index in [-0.39, 0.29) is 12.0 Å². The summed E-state index contributed by atoms with van der Waals surface area (Å²) in [5.41, 5.74) is 0. The summed E-state index contributed by atoms with van der Waals surface area (Å²) >= 11 is 0. The smallest absolute Gasteiger partial charge is 0.155 e. The quantitative estimate of drug-likeness (QED) is 0.761. The maximum absolute atomic E-state index is 13.5. The fourth-order valence-electron chi connectivity index (χ4n) is 1.93. The highest BCUT2D eigenvalue weighted by Gasteiger charge is 2.44. The molecule has 0 aromatic rings. The summed E-state index contributed by atoms with van der Waals surface area (Å²) in [5, 5.41) is 9.60. The zero-order valence-corrected chi connectivity index (χ0v) is 9.24. The van der Waals surface area contributed by atoms with Crippen molar-refractivity contribution in [3.63, 3.8) is 0 Å². The van der Waals surface area contributed by atoms with Crippen molar-refractivity contribution in [1.29, 1.82) is 0 Å². The van der Waals surface area contributed by atoms with Gasteiger partial charge in [-0.1, -0.05) is 33.6 Å². The number of hydrogen-bond acceptors (Lipinski definition) is 2. The number of hydrogen-bond donors (Lipinski definition) is 1. The lowest BCUT2D eigenvalue weighted by Gasteiger charge is -2.16. The van der Waals surface area contributed by atoms with E-state index >= 15 is 0 Å². The minimum atomic E-state index is -1.21. The van der Waals surface area contributed by atoms with E-state index in [1.165, 1.54) is 0 Å². The molecule has 1 aliphatic heterocycles. The highest BCUT2D eigenvalue weighted by molar-refractivity contribution is 4.91. The highest BCUT2D eigenvalue weighted by atomic mass is 19.1. The summed E-state index contributed by atoms with van der Waals surface area (Å²) in [6.07, 6.45) is -0.0498. The topological polar surface area (TPSA) is 29.5 Å². The number of ether oxygens (including phenoxy) is 1. The molecule has 0 amide bonds. The maximum atomic E-state index is 13.5. The van der Waals surface area contributed by atoms with Crippen LogP contribution in [0.3, 0.4) is 0 Å². The molecule has 0 saturated carbocycles. The molecule has 1 saturated heterocycles. The number of alkyl halides is 1. The van der Waals surface area contributed by atoms with E-state index in [0.29, 0.717) is 0 Å². The van der Waals surface area contributed by atoms with Crippen LogP contribution in [0.25, 0.3) is 0 Å². The van der Waals surface area contributed by atoms with Crippen LogP contribution in [-0.4, -0.2) is 29.6 Å². The fourth-order valence-corrected chi connectivity index (χ4v) is 1.93. The van der Waals surface area contributed by atoms with Crippen molar-refractivity contribution in [2.45, 2.75) is 64.5 Å². The van der Waals surface area contributed by atoms with Crippen molar-refractivity contribution in [3.8, 4) is 0 Å². The summed E-state index contributed by atoms with van der Waals surface area (Å²) < 4.78 is 19.1. The summed E-state index contributed by atoms with van der Waals surface area (Å²) in [4.78, 5) is 0. The van der Waals surface area contributed by atoms with E-state index in [4.69, 9.17) is 4.74 Å².